The van der Waals surface area contributed by atoms with Crippen LogP contribution in [0.2, 0.25) is 5.15 Å². The Morgan fingerprint density at radius 2 is 2.10 bits per heavy atom. The maximum Gasteiger partial charge on any atom is 0.451 e. The maximum atomic E-state index is 12.6. The van der Waals surface area contributed by atoms with Crippen LogP contribution in [0.1, 0.15) is 10.7 Å². The summed E-state index contributed by atoms with van der Waals surface area (Å²) in [6.45, 7) is 0.547. The second kappa shape index (κ2) is 5.97. The van der Waals surface area contributed by atoms with Gasteiger partial charge in [0.2, 0.25) is 5.82 Å². The average Bonchev–Trinajstić information content (AvgIpc) is 2.87. The number of aromatic nitrogens is 2. The number of nitrogens with zero attached hydrogens (tertiary/aromatic N) is 3. The highest BCUT2D eigenvalue weighted by atomic mass is 35.5. The minimum atomic E-state index is -4.60. The minimum absolute atomic E-state index is 0.161. The molecule has 2 heterocycles. The fraction of sp³-hybridized carbons (Fsp3) is 0.333. The predicted octanol–water partition coefficient (Wildman–Crippen LogP) is 3.89. The molecule has 0 atom stereocenters. The molecule has 2 rings (SSSR count). The molecule has 0 saturated carbocycles. The third kappa shape index (κ3) is 3.83. The fourth-order valence-electron chi connectivity index (χ4n) is 1.58. The Bertz CT molecular complexity index is 572. The first kappa shape index (κ1) is 15.1. The van der Waals surface area contributed by atoms with E-state index in [0.29, 0.717) is 6.54 Å². The Morgan fingerprint density at radius 3 is 2.70 bits per heavy atom. The van der Waals surface area contributed by atoms with Crippen molar-refractivity contribution in [3.05, 3.63) is 39.4 Å². The molecule has 3 nitrogen and oxygen atoms in total. The third-order valence-corrected chi connectivity index (χ3v) is 3.73. The van der Waals surface area contributed by atoms with Gasteiger partial charge in [-0.05, 0) is 17.9 Å². The number of thiophene rings is 1. The summed E-state index contributed by atoms with van der Waals surface area (Å²) in [7, 11) is 1.67. The van der Waals surface area contributed by atoms with Gasteiger partial charge in [0.05, 0.1) is 0 Å². The monoisotopic (exact) mass is 321 g/mol. The molecule has 0 unspecified atom stereocenters. The Kier molecular flexibility index (Phi) is 4.49. The molecule has 2 aromatic heterocycles. The topological polar surface area (TPSA) is 29.0 Å². The molecule has 0 aromatic carbocycles. The minimum Gasteiger partial charge on any atom is -0.359 e. The number of hydrogen-bond donors (Lipinski definition) is 0. The molecule has 8 heteroatoms. The lowest BCUT2D eigenvalue weighted by molar-refractivity contribution is -0.144. The van der Waals surface area contributed by atoms with E-state index in [2.05, 4.69) is 9.97 Å². The van der Waals surface area contributed by atoms with Crippen molar-refractivity contribution in [2.75, 3.05) is 18.5 Å². The first-order chi connectivity index (χ1) is 9.36. The molecule has 0 aliphatic carbocycles. The largest absolute Gasteiger partial charge is 0.451 e. The Labute approximate surface area is 123 Å². The van der Waals surface area contributed by atoms with Crippen molar-refractivity contribution in [2.45, 2.75) is 12.6 Å². The third-order valence-electron chi connectivity index (χ3n) is 2.60. The zero-order valence-electron chi connectivity index (χ0n) is 10.5. The van der Waals surface area contributed by atoms with Crippen LogP contribution in [0, 0.1) is 0 Å². The maximum absolute atomic E-state index is 12.6. The first-order valence-corrected chi connectivity index (χ1v) is 6.97. The van der Waals surface area contributed by atoms with E-state index in [1.54, 1.807) is 23.3 Å². The summed E-state index contributed by atoms with van der Waals surface area (Å²) in [5.41, 5.74) is 0. The number of anilines is 1. The molecular formula is C12H11ClF3N3S. The molecule has 20 heavy (non-hydrogen) atoms. The van der Waals surface area contributed by atoms with E-state index in [9.17, 15) is 13.2 Å². The molecule has 108 valence electrons. The van der Waals surface area contributed by atoms with Crippen LogP contribution in [-0.4, -0.2) is 23.6 Å². The highest BCUT2D eigenvalue weighted by Gasteiger charge is 2.35. The molecular weight excluding hydrogens is 311 g/mol. The van der Waals surface area contributed by atoms with Crippen LogP contribution in [0.3, 0.4) is 0 Å². The van der Waals surface area contributed by atoms with E-state index in [1.165, 1.54) is 6.07 Å². The van der Waals surface area contributed by atoms with Crippen molar-refractivity contribution in [1.82, 2.24) is 9.97 Å². The summed E-state index contributed by atoms with van der Waals surface area (Å²) in [5.74, 6) is -1.06. The van der Waals surface area contributed by atoms with Crippen LogP contribution in [-0.2, 0) is 12.6 Å². The lowest BCUT2D eigenvalue weighted by Gasteiger charge is -2.18. The van der Waals surface area contributed by atoms with Gasteiger partial charge >= 0.3 is 6.18 Å². The van der Waals surface area contributed by atoms with Gasteiger partial charge in [0, 0.05) is 24.5 Å². The number of rotatable bonds is 4. The van der Waals surface area contributed by atoms with Crippen LogP contribution in [0.5, 0.6) is 0 Å². The quantitative estimate of drug-likeness (QED) is 0.800. The summed E-state index contributed by atoms with van der Waals surface area (Å²) < 4.78 is 37.9. The zero-order valence-corrected chi connectivity index (χ0v) is 12.1. The molecule has 2 aromatic rings. The fourth-order valence-corrected chi connectivity index (χ4v) is 2.45. The summed E-state index contributed by atoms with van der Waals surface area (Å²) in [4.78, 5) is 9.50. The molecule has 0 spiro atoms. The van der Waals surface area contributed by atoms with E-state index in [1.807, 2.05) is 17.5 Å². The van der Waals surface area contributed by atoms with Crippen LogP contribution < -0.4 is 4.90 Å². The van der Waals surface area contributed by atoms with Crippen molar-refractivity contribution in [1.29, 1.82) is 0 Å². The summed E-state index contributed by atoms with van der Waals surface area (Å²) >= 11 is 7.23. The molecule has 0 bridgehead atoms. The predicted molar refractivity (Wildman–Crippen MR) is 73.3 cm³/mol. The summed E-state index contributed by atoms with van der Waals surface area (Å²) in [6, 6.07) is 5.24. The highest BCUT2D eigenvalue weighted by molar-refractivity contribution is 7.09. The van der Waals surface area contributed by atoms with E-state index >= 15 is 0 Å². The Hall–Kier alpha value is -1.34. The second-order valence-corrected chi connectivity index (χ2v) is 5.54. The molecule has 0 radical (unpaired) electrons. The van der Waals surface area contributed by atoms with Gasteiger partial charge in [0.1, 0.15) is 11.0 Å². The first-order valence-electron chi connectivity index (χ1n) is 5.71. The Morgan fingerprint density at radius 1 is 1.35 bits per heavy atom. The second-order valence-electron chi connectivity index (χ2n) is 4.12. The SMILES string of the molecule is CN(CCc1cccs1)c1cc(Cl)nc(C(F)(F)F)n1. The zero-order chi connectivity index (χ0) is 14.8. The van der Waals surface area contributed by atoms with Crippen LogP contribution in [0.25, 0.3) is 0 Å². The molecule has 0 saturated heterocycles. The van der Waals surface area contributed by atoms with Crippen LogP contribution in [0.4, 0.5) is 19.0 Å². The van der Waals surface area contributed by atoms with E-state index in [-0.39, 0.29) is 11.0 Å². The number of hydrogen-bond acceptors (Lipinski definition) is 4. The van der Waals surface area contributed by atoms with Crippen molar-refractivity contribution in [3.8, 4) is 0 Å². The van der Waals surface area contributed by atoms with Gasteiger partial charge in [-0.3, -0.25) is 0 Å². The van der Waals surface area contributed by atoms with E-state index in [4.69, 9.17) is 11.6 Å². The van der Waals surface area contributed by atoms with Gasteiger partial charge in [-0.2, -0.15) is 13.2 Å². The van der Waals surface area contributed by atoms with Gasteiger partial charge in [0.15, 0.2) is 0 Å². The average molecular weight is 322 g/mol. The van der Waals surface area contributed by atoms with E-state index < -0.39 is 12.0 Å². The lowest BCUT2D eigenvalue weighted by atomic mass is 10.3. The van der Waals surface area contributed by atoms with E-state index in [0.717, 1.165) is 11.3 Å². The molecule has 0 aliphatic rings. The summed E-state index contributed by atoms with van der Waals surface area (Å²) in [5, 5.41) is 1.74. The molecule has 0 N–H and O–H groups in total. The van der Waals surface area contributed by atoms with Crippen molar-refractivity contribution < 1.29 is 13.2 Å². The van der Waals surface area contributed by atoms with Crippen molar-refractivity contribution in [3.63, 3.8) is 0 Å². The molecule has 0 aliphatic heterocycles. The standard InChI is InChI=1S/C12H11ClF3N3S/c1-19(5-4-8-3-2-6-20-8)10-7-9(13)17-11(18-10)12(14,15)16/h2-3,6-7H,4-5H2,1H3. The van der Waals surface area contributed by atoms with Crippen LogP contribution in [0.15, 0.2) is 23.6 Å². The molecule has 0 amide bonds. The Balaban J connectivity index is 2.13. The van der Waals surface area contributed by atoms with Gasteiger partial charge in [-0.1, -0.05) is 17.7 Å². The number of halogens is 4. The van der Waals surface area contributed by atoms with Gasteiger partial charge in [-0.15, -0.1) is 11.3 Å². The van der Waals surface area contributed by atoms with Gasteiger partial charge < -0.3 is 4.90 Å². The number of alkyl halides is 3. The smallest absolute Gasteiger partial charge is 0.359 e. The normalized spacial score (nSPS) is 11.7. The number of likely N-dealkylation sites (N-methyl/N-ethyl adjacent to an activating group) is 1. The summed E-state index contributed by atoms with van der Waals surface area (Å²) in [6.07, 6.45) is -3.87. The van der Waals surface area contributed by atoms with Crippen LogP contribution >= 0.6 is 22.9 Å². The van der Waals surface area contributed by atoms with Crippen molar-refractivity contribution in [2.24, 2.45) is 0 Å². The van der Waals surface area contributed by atoms with Gasteiger partial charge in [0.25, 0.3) is 0 Å². The molecule has 0 fully saturated rings. The highest BCUT2D eigenvalue weighted by Crippen LogP contribution is 2.29. The lowest BCUT2D eigenvalue weighted by Crippen LogP contribution is -2.23. The van der Waals surface area contributed by atoms with Crippen molar-refractivity contribution >= 4 is 28.8 Å². The van der Waals surface area contributed by atoms with Gasteiger partial charge in [-0.25, -0.2) is 9.97 Å².